The van der Waals surface area contributed by atoms with Gasteiger partial charge in [-0.2, -0.15) is 10.2 Å². The Hall–Kier alpha value is -1.62. The molecule has 3 rings (SSSR count). The maximum Gasteiger partial charge on any atom is 0.0794 e. The molecule has 2 aromatic heterocycles. The number of aromatic nitrogens is 4. The van der Waals surface area contributed by atoms with E-state index in [-0.39, 0.29) is 0 Å². The smallest absolute Gasteiger partial charge is 0.0794 e. The standard InChI is InChI=1S/C15H23N5/c1-10-7-12(3)20(19-10)9-11(2)16-8-15-13-5-4-6-14(13)17-18-15/h7,11,16H,4-6,8-9H2,1-3H3,(H,17,18)/t11-/m1/s1. The van der Waals surface area contributed by atoms with Crippen molar-refractivity contribution in [3.63, 3.8) is 0 Å². The molecule has 0 aliphatic heterocycles. The number of fused-ring (bicyclic) bond motifs is 1. The molecule has 0 spiro atoms. The van der Waals surface area contributed by atoms with Gasteiger partial charge in [-0.1, -0.05) is 0 Å². The lowest BCUT2D eigenvalue weighted by atomic mass is 10.2. The second-order valence-electron chi connectivity index (χ2n) is 5.87. The van der Waals surface area contributed by atoms with E-state index in [2.05, 4.69) is 45.2 Å². The van der Waals surface area contributed by atoms with Crippen LogP contribution in [0.2, 0.25) is 0 Å². The summed E-state index contributed by atoms with van der Waals surface area (Å²) in [5.41, 5.74) is 6.28. The van der Waals surface area contributed by atoms with E-state index >= 15 is 0 Å². The number of nitrogens with zero attached hydrogens (tertiary/aromatic N) is 3. The van der Waals surface area contributed by atoms with Crippen LogP contribution < -0.4 is 5.32 Å². The van der Waals surface area contributed by atoms with Crippen molar-refractivity contribution < 1.29 is 0 Å². The number of aryl methyl sites for hydroxylation is 3. The fourth-order valence-corrected chi connectivity index (χ4v) is 2.99. The van der Waals surface area contributed by atoms with Gasteiger partial charge in [0.15, 0.2) is 0 Å². The molecule has 0 fully saturated rings. The van der Waals surface area contributed by atoms with E-state index in [9.17, 15) is 0 Å². The topological polar surface area (TPSA) is 58.5 Å². The Morgan fingerprint density at radius 3 is 3.00 bits per heavy atom. The lowest BCUT2D eigenvalue weighted by Gasteiger charge is -2.14. The van der Waals surface area contributed by atoms with Crippen LogP contribution in [-0.2, 0) is 25.9 Å². The summed E-state index contributed by atoms with van der Waals surface area (Å²) in [6, 6.07) is 2.49. The zero-order valence-corrected chi connectivity index (χ0v) is 12.5. The third-order valence-electron chi connectivity index (χ3n) is 4.06. The number of nitrogens with one attached hydrogen (secondary N) is 2. The molecule has 108 valence electrons. The molecule has 0 aromatic carbocycles. The minimum atomic E-state index is 0.377. The minimum Gasteiger partial charge on any atom is -0.307 e. The van der Waals surface area contributed by atoms with Crippen LogP contribution in [0.1, 0.15) is 41.7 Å². The molecule has 0 bridgehead atoms. The van der Waals surface area contributed by atoms with Gasteiger partial charge in [0.1, 0.15) is 0 Å². The summed E-state index contributed by atoms with van der Waals surface area (Å²) in [4.78, 5) is 0. The second-order valence-corrected chi connectivity index (χ2v) is 5.87. The normalized spacial score (nSPS) is 15.6. The Morgan fingerprint density at radius 2 is 2.25 bits per heavy atom. The first-order valence-corrected chi connectivity index (χ1v) is 7.43. The van der Waals surface area contributed by atoms with E-state index in [0.29, 0.717) is 6.04 Å². The van der Waals surface area contributed by atoms with Crippen LogP contribution in [0.3, 0.4) is 0 Å². The average Bonchev–Trinajstić information content (AvgIpc) is 3.04. The zero-order valence-electron chi connectivity index (χ0n) is 12.5. The maximum atomic E-state index is 4.51. The van der Waals surface area contributed by atoms with Crippen molar-refractivity contribution in [2.24, 2.45) is 0 Å². The summed E-state index contributed by atoms with van der Waals surface area (Å²) >= 11 is 0. The molecule has 5 heteroatoms. The highest BCUT2D eigenvalue weighted by atomic mass is 15.3. The Morgan fingerprint density at radius 1 is 1.40 bits per heavy atom. The van der Waals surface area contributed by atoms with Gasteiger partial charge in [0.05, 0.1) is 17.9 Å². The Balaban J connectivity index is 1.57. The summed E-state index contributed by atoms with van der Waals surface area (Å²) in [6.45, 7) is 8.07. The van der Waals surface area contributed by atoms with Crippen molar-refractivity contribution >= 4 is 0 Å². The van der Waals surface area contributed by atoms with Crippen LogP contribution in [-0.4, -0.2) is 26.0 Å². The molecular weight excluding hydrogens is 250 g/mol. The first-order chi connectivity index (χ1) is 9.63. The predicted molar refractivity (Wildman–Crippen MR) is 78.6 cm³/mol. The number of aromatic amines is 1. The summed E-state index contributed by atoms with van der Waals surface area (Å²) in [5.74, 6) is 0. The molecule has 0 amide bonds. The maximum absolute atomic E-state index is 4.51. The van der Waals surface area contributed by atoms with Crippen LogP contribution in [0.5, 0.6) is 0 Å². The Labute approximate surface area is 119 Å². The SMILES string of the molecule is Cc1cc(C)n(C[C@@H](C)NCc2n[nH]c3c2CCC3)n1. The van der Waals surface area contributed by atoms with Gasteiger partial charge < -0.3 is 5.32 Å². The molecule has 2 heterocycles. The second kappa shape index (κ2) is 5.40. The quantitative estimate of drug-likeness (QED) is 0.874. The molecule has 2 aromatic rings. The first kappa shape index (κ1) is 13.4. The predicted octanol–water partition coefficient (Wildman–Crippen LogP) is 1.89. The van der Waals surface area contributed by atoms with Gasteiger partial charge in [0, 0.05) is 24.0 Å². The summed E-state index contributed by atoms with van der Waals surface area (Å²) in [7, 11) is 0. The molecule has 0 saturated carbocycles. The Kier molecular flexibility index (Phi) is 3.61. The van der Waals surface area contributed by atoms with Crippen molar-refractivity contribution in [3.8, 4) is 0 Å². The van der Waals surface area contributed by atoms with Gasteiger partial charge in [0.25, 0.3) is 0 Å². The first-order valence-electron chi connectivity index (χ1n) is 7.43. The van der Waals surface area contributed by atoms with Crippen LogP contribution in [0.15, 0.2) is 6.07 Å². The van der Waals surface area contributed by atoms with Gasteiger partial charge in [0.2, 0.25) is 0 Å². The fourth-order valence-electron chi connectivity index (χ4n) is 2.99. The highest BCUT2D eigenvalue weighted by Gasteiger charge is 2.18. The monoisotopic (exact) mass is 273 g/mol. The van der Waals surface area contributed by atoms with Crippen LogP contribution >= 0.6 is 0 Å². The number of hydrogen-bond donors (Lipinski definition) is 2. The molecule has 2 N–H and O–H groups in total. The summed E-state index contributed by atoms with van der Waals surface area (Å²) in [5, 5.41) is 15.7. The number of H-pyrrole nitrogens is 1. The molecule has 1 aliphatic carbocycles. The lowest BCUT2D eigenvalue weighted by Crippen LogP contribution is -2.31. The van der Waals surface area contributed by atoms with E-state index in [1.54, 1.807) is 0 Å². The molecule has 20 heavy (non-hydrogen) atoms. The summed E-state index contributed by atoms with van der Waals surface area (Å²) in [6.07, 6.45) is 3.59. The molecule has 0 saturated heterocycles. The number of rotatable bonds is 5. The fraction of sp³-hybridized carbons (Fsp3) is 0.600. The summed E-state index contributed by atoms with van der Waals surface area (Å²) < 4.78 is 2.07. The van der Waals surface area contributed by atoms with Crippen LogP contribution in [0, 0.1) is 13.8 Å². The molecule has 5 nitrogen and oxygen atoms in total. The largest absolute Gasteiger partial charge is 0.307 e. The highest BCUT2D eigenvalue weighted by molar-refractivity contribution is 5.29. The molecule has 1 atom stereocenters. The van der Waals surface area contributed by atoms with Gasteiger partial charge in [-0.25, -0.2) is 0 Å². The van der Waals surface area contributed by atoms with Crippen molar-refractivity contribution in [1.82, 2.24) is 25.3 Å². The van der Waals surface area contributed by atoms with Crippen molar-refractivity contribution in [2.45, 2.75) is 59.2 Å². The Bertz CT molecular complexity index is 595. The van der Waals surface area contributed by atoms with Crippen LogP contribution in [0.4, 0.5) is 0 Å². The van der Waals surface area contributed by atoms with Gasteiger partial charge in [-0.15, -0.1) is 0 Å². The van der Waals surface area contributed by atoms with Gasteiger partial charge in [-0.3, -0.25) is 9.78 Å². The van der Waals surface area contributed by atoms with E-state index in [4.69, 9.17) is 0 Å². The van der Waals surface area contributed by atoms with E-state index in [1.165, 1.54) is 35.5 Å². The van der Waals surface area contributed by atoms with Gasteiger partial charge >= 0.3 is 0 Å². The van der Waals surface area contributed by atoms with Gasteiger partial charge in [-0.05, 0) is 51.7 Å². The number of hydrogen-bond acceptors (Lipinski definition) is 3. The van der Waals surface area contributed by atoms with Crippen LogP contribution in [0.25, 0.3) is 0 Å². The molecular formula is C15H23N5. The van der Waals surface area contributed by atoms with E-state index < -0.39 is 0 Å². The average molecular weight is 273 g/mol. The van der Waals surface area contributed by atoms with Crippen molar-refractivity contribution in [1.29, 1.82) is 0 Å². The molecule has 0 unspecified atom stereocenters. The van der Waals surface area contributed by atoms with E-state index in [1.807, 2.05) is 6.92 Å². The van der Waals surface area contributed by atoms with Crippen molar-refractivity contribution in [2.75, 3.05) is 0 Å². The van der Waals surface area contributed by atoms with Crippen molar-refractivity contribution in [3.05, 3.63) is 34.4 Å². The zero-order chi connectivity index (χ0) is 14.1. The lowest BCUT2D eigenvalue weighted by molar-refractivity contribution is 0.441. The third kappa shape index (κ3) is 2.63. The molecule has 1 aliphatic rings. The van der Waals surface area contributed by atoms with E-state index in [0.717, 1.165) is 25.2 Å². The third-order valence-corrected chi connectivity index (χ3v) is 4.06. The molecule has 0 radical (unpaired) electrons. The highest BCUT2D eigenvalue weighted by Crippen LogP contribution is 2.22. The minimum absolute atomic E-state index is 0.377.